The SMILES string of the molecule is C.C.CC(C)(C)OC(=O)N1CCN(Cc2cccc(Nc3nc(Cl)nc(Cl)n3)c2)CC1.COC(=O)[C@H](Cc1ccc(C#N)cc1)Nc1nc(Cl)nc(Nc2cccc(CN3CCN(C(=O)OC(C)(C)C)CC3)c2)n1.Cl.[3H]C.[C-]#[N+]c1ccc(C[C@H](N)C(=O)OC)cc1. The molecule has 2 aliphatic heterocycles. The molecule has 0 bridgehead atoms. The van der Waals surface area contributed by atoms with E-state index in [1.54, 1.807) is 58.3 Å². The lowest BCUT2D eigenvalue weighted by molar-refractivity contribution is -0.142. The largest absolute Gasteiger partial charge is 0.468 e. The number of benzene rings is 4. The van der Waals surface area contributed by atoms with Crippen molar-refractivity contribution in [2.75, 3.05) is 82.5 Å². The van der Waals surface area contributed by atoms with E-state index in [2.05, 4.69) is 77.4 Å². The molecule has 2 aromatic heterocycles. The number of methoxy groups -OCH3 is 2. The highest BCUT2D eigenvalue weighted by Crippen LogP contribution is 2.23. The molecule has 8 rings (SSSR count). The Balaban J connectivity index is 0.000000507. The second kappa shape index (κ2) is 37.8. The van der Waals surface area contributed by atoms with Crippen LogP contribution in [0.1, 0.15) is 93.0 Å². The Labute approximate surface area is 557 Å². The number of amides is 2. The van der Waals surface area contributed by atoms with Crippen LogP contribution in [0.15, 0.2) is 97.1 Å². The fraction of sp³-hybridized carbons (Fsp3) is 0.429. The van der Waals surface area contributed by atoms with Gasteiger partial charge in [-0.3, -0.25) is 14.6 Å². The van der Waals surface area contributed by atoms with Gasteiger partial charge in [0.2, 0.25) is 33.7 Å². The second-order valence-electron chi connectivity index (χ2n) is 21.9. The van der Waals surface area contributed by atoms with Crippen LogP contribution in [-0.2, 0) is 54.5 Å². The molecule has 91 heavy (non-hydrogen) atoms. The monoisotopic (exact) mass is 1330 g/mol. The Hall–Kier alpha value is -8.20. The van der Waals surface area contributed by atoms with Crippen LogP contribution in [0.2, 0.25) is 15.9 Å². The molecular weight excluding hydrogens is 1250 g/mol. The summed E-state index contributed by atoms with van der Waals surface area (Å²) in [7, 11) is 3.86. The lowest BCUT2D eigenvalue weighted by atomic mass is 10.0. The van der Waals surface area contributed by atoms with E-state index in [1.807, 2.05) is 84.0 Å². The van der Waals surface area contributed by atoms with Crippen molar-refractivity contribution in [1.29, 1.82) is 5.26 Å². The van der Waals surface area contributed by atoms with Crippen LogP contribution in [0.5, 0.6) is 0 Å². The summed E-state index contributed by atoms with van der Waals surface area (Å²) < 4.78 is 26.2. The second-order valence-corrected chi connectivity index (χ2v) is 22.9. The molecule has 0 unspecified atom stereocenters. The highest BCUT2D eigenvalue weighted by atomic mass is 35.5. The maximum Gasteiger partial charge on any atom is 0.410 e. The number of nitrogens with zero attached hydrogens (tertiary/aromatic N) is 12. The van der Waals surface area contributed by atoms with E-state index in [-0.39, 0.29) is 79.6 Å². The van der Waals surface area contributed by atoms with Crippen molar-refractivity contribution in [3.8, 4) is 6.07 Å². The molecule has 4 aromatic carbocycles. The maximum atomic E-state index is 12.5. The molecule has 2 amide bonds. The number of rotatable bonds is 16. The van der Waals surface area contributed by atoms with Crippen LogP contribution in [0, 0.1) is 17.9 Å². The van der Waals surface area contributed by atoms with Gasteiger partial charge in [0, 0.05) is 84.6 Å². The van der Waals surface area contributed by atoms with Crippen molar-refractivity contribution in [2.24, 2.45) is 5.73 Å². The standard InChI is InChI=1S/C30H35ClN8O4.C19H24Cl2N6O2.C11H12N2O2.3CH4.ClH/c1-30(2,3)43-29(41)39-14-12-38(13-15-39)19-22-6-5-7-23(16-22)33-27-35-26(31)36-28(37-27)34-24(25(40)42-4)17-20-8-10-21(18-32)11-9-20;1-19(2,3)29-18(28)27-9-7-26(8-10-27)12-13-5-4-6-14(11-13)22-17-24-15(20)23-16(21)25-17;1-13-9-5-3-8(4-6-9)7-10(12)11(14)15-2;;;;/h5-11,16,24H,12-15,17,19H2,1-4H3,(H2,33,34,35,36,37);4-6,11H,7-10,12H2,1-3H3,(H,22,23,24,25);3-6,10H,7,12H2,2H3;3*1H4;1H/t24-;;10-;;;;/m0.0..../s1/i;;;1T;;;. The van der Waals surface area contributed by atoms with E-state index in [0.29, 0.717) is 50.4 Å². The highest BCUT2D eigenvalue weighted by molar-refractivity contribution is 6.31. The third-order valence-corrected chi connectivity index (χ3v) is 13.3. The number of hydrogen-bond acceptors (Lipinski definition) is 21. The topological polar surface area (TPSA) is 286 Å². The molecule has 492 valence electrons. The molecule has 0 saturated carbocycles. The fourth-order valence-electron chi connectivity index (χ4n) is 8.59. The Kier molecular flexibility index (Phi) is 32.0. The summed E-state index contributed by atoms with van der Waals surface area (Å²) in [5.74, 6) is -0.337. The molecule has 0 radical (unpaired) electrons. The van der Waals surface area contributed by atoms with Gasteiger partial charge in [0.1, 0.15) is 23.3 Å². The lowest BCUT2D eigenvalue weighted by Crippen LogP contribution is -2.49. The Morgan fingerprint density at radius 3 is 1.44 bits per heavy atom. The quantitative estimate of drug-likeness (QED) is 0.0398. The first-order valence-electron chi connectivity index (χ1n) is 28.6. The molecule has 4 heterocycles. The molecule has 2 atom stereocenters. The number of carbonyl (C=O) groups is 4. The summed E-state index contributed by atoms with van der Waals surface area (Å²) in [5, 5.41) is 18.3. The summed E-state index contributed by atoms with van der Waals surface area (Å²) in [6.07, 6.45) is 0.164. The number of halogens is 4. The van der Waals surface area contributed by atoms with Crippen molar-refractivity contribution in [1.82, 2.24) is 49.5 Å². The van der Waals surface area contributed by atoms with Gasteiger partial charge in [0.15, 0.2) is 5.69 Å². The fourth-order valence-corrected chi connectivity index (χ4v) is 9.11. The van der Waals surface area contributed by atoms with Crippen LogP contribution in [0.3, 0.4) is 0 Å². The highest BCUT2D eigenvalue weighted by Gasteiger charge is 2.28. The van der Waals surface area contributed by atoms with Crippen LogP contribution in [-0.4, -0.2) is 163 Å². The van der Waals surface area contributed by atoms with Crippen molar-refractivity contribution < 1.29 is 39.5 Å². The summed E-state index contributed by atoms with van der Waals surface area (Å²) in [4.78, 5) is 84.0. The molecule has 5 N–H and O–H groups in total. The molecule has 2 aliphatic rings. The molecule has 6 aromatic rings. The van der Waals surface area contributed by atoms with Gasteiger partial charge in [0.25, 0.3) is 0 Å². The average Bonchev–Trinajstić information content (AvgIpc) is 1.37. The van der Waals surface area contributed by atoms with Crippen molar-refractivity contribution in [2.45, 2.75) is 113 Å². The molecule has 0 aliphatic carbocycles. The summed E-state index contributed by atoms with van der Waals surface area (Å²) in [6, 6.07) is 30.3. The van der Waals surface area contributed by atoms with Crippen molar-refractivity contribution >= 4 is 106 Å². The minimum atomic E-state index is -0.802. The number of aromatic nitrogens is 6. The van der Waals surface area contributed by atoms with Gasteiger partial charge in [-0.2, -0.15) is 35.2 Å². The predicted molar refractivity (Wildman–Crippen MR) is 358 cm³/mol. The van der Waals surface area contributed by atoms with Crippen LogP contribution in [0.25, 0.3) is 4.85 Å². The molecule has 28 heteroatoms. The Bertz CT molecular complexity index is 3350. The number of ether oxygens (including phenoxy) is 4. The minimum Gasteiger partial charge on any atom is -0.468 e. The first-order chi connectivity index (χ1) is 42.3. The number of nitriles is 1. The zero-order valence-corrected chi connectivity index (χ0v) is 54.2. The summed E-state index contributed by atoms with van der Waals surface area (Å²) in [5.41, 5.74) is 11.2. The normalized spacial score (nSPS) is 13.6. The van der Waals surface area contributed by atoms with Gasteiger partial charge in [-0.05, 0) is 141 Å². The third kappa shape index (κ3) is 27.4. The zero-order chi connectivity index (χ0) is 65.3. The smallest absolute Gasteiger partial charge is 0.410 e. The van der Waals surface area contributed by atoms with Gasteiger partial charge in [-0.25, -0.2) is 19.2 Å². The van der Waals surface area contributed by atoms with Crippen molar-refractivity contribution in [3.05, 3.63) is 152 Å². The Morgan fingerprint density at radius 1 is 0.615 bits per heavy atom. The molecule has 24 nitrogen and oxygen atoms in total. The summed E-state index contributed by atoms with van der Waals surface area (Å²) >= 11 is 17.8. The third-order valence-electron chi connectivity index (χ3n) is 12.8. The Morgan fingerprint density at radius 2 is 1.02 bits per heavy atom. The van der Waals surface area contributed by atoms with Crippen molar-refractivity contribution in [3.63, 3.8) is 0 Å². The molecule has 2 fully saturated rings. The molecule has 2 saturated heterocycles. The first kappa shape index (κ1) is 77.0. The predicted octanol–water partition coefficient (Wildman–Crippen LogP) is 12.0. The lowest BCUT2D eigenvalue weighted by Gasteiger charge is -2.35. The van der Waals surface area contributed by atoms with E-state index in [1.165, 1.54) is 21.6 Å². The maximum absolute atomic E-state index is 12.5. The summed E-state index contributed by atoms with van der Waals surface area (Å²) in [6.45, 7) is 25.0. The van der Waals surface area contributed by atoms with Gasteiger partial charge in [-0.15, -0.1) is 12.4 Å². The van der Waals surface area contributed by atoms with E-state index < -0.39 is 35.2 Å². The molecular formula is C63H84Cl4N16O8. The van der Waals surface area contributed by atoms with E-state index in [0.717, 1.165) is 66.4 Å². The zero-order valence-electron chi connectivity index (χ0n) is 52.1. The van der Waals surface area contributed by atoms with Crippen LogP contribution >= 0.6 is 47.2 Å². The average molecular weight is 1340 g/mol. The number of carbonyl (C=O) groups excluding carboxylic acids is 4. The van der Waals surface area contributed by atoms with Crippen LogP contribution in [0.4, 0.5) is 44.5 Å². The van der Waals surface area contributed by atoms with Crippen LogP contribution < -0.4 is 21.7 Å². The van der Waals surface area contributed by atoms with Gasteiger partial charge < -0.3 is 50.4 Å². The van der Waals surface area contributed by atoms with Gasteiger partial charge >= 0.3 is 24.1 Å². The number of nitrogens with two attached hydrogens (primary N) is 1. The number of piperazine rings is 2. The van der Waals surface area contributed by atoms with E-state index in [9.17, 15) is 19.2 Å². The van der Waals surface area contributed by atoms with Gasteiger partial charge in [0.05, 0.1) is 32.4 Å². The minimum absolute atomic E-state index is 0. The number of hydrogen-bond donors (Lipinski definition) is 4. The van der Waals surface area contributed by atoms with Gasteiger partial charge in [-0.1, -0.05) is 82.9 Å². The van der Waals surface area contributed by atoms with E-state index in [4.69, 9.17) is 68.0 Å². The number of esters is 2. The molecule has 0 spiro atoms. The number of anilines is 5. The number of nitrogens with one attached hydrogen (secondary N) is 3. The first-order valence-corrected chi connectivity index (χ1v) is 28.7. The van der Waals surface area contributed by atoms with E-state index >= 15 is 0 Å².